The standard InChI is InChI=1S/C24H21Cl2N/c1-16(17-7-3-2-4-8-17)27-24-14-12-19(20-9-5-6-10-21(20)24)18-11-13-22(25)23(26)15-18/h2-11,13,15-16,19H,12,14H2,1H3/t16-,19+/m1/s1. The minimum Gasteiger partial charge on any atom is -0.281 e. The molecule has 3 aromatic rings. The normalized spacial score (nSPS) is 18.9. The Kier molecular flexibility index (Phi) is 5.33. The predicted octanol–water partition coefficient (Wildman–Crippen LogP) is 7.47. The summed E-state index contributed by atoms with van der Waals surface area (Å²) in [5.41, 5.74) is 6.23. The molecular formula is C24H21Cl2N. The topological polar surface area (TPSA) is 12.4 Å². The van der Waals surface area contributed by atoms with Crippen LogP contribution in [0.4, 0.5) is 0 Å². The van der Waals surface area contributed by atoms with Crippen LogP contribution in [0.15, 0.2) is 77.8 Å². The lowest BCUT2D eigenvalue weighted by Crippen LogP contribution is -2.18. The number of aliphatic imine (C=N–C) groups is 1. The molecule has 0 saturated carbocycles. The molecule has 2 atom stereocenters. The second-order valence-corrected chi connectivity index (χ2v) is 7.83. The highest BCUT2D eigenvalue weighted by Gasteiger charge is 2.26. The highest BCUT2D eigenvalue weighted by Crippen LogP contribution is 2.39. The summed E-state index contributed by atoms with van der Waals surface area (Å²) in [5.74, 6) is 0.321. The summed E-state index contributed by atoms with van der Waals surface area (Å²) in [6, 6.07) is 25.2. The molecule has 0 aromatic heterocycles. The van der Waals surface area contributed by atoms with E-state index in [0.717, 1.165) is 12.8 Å². The number of rotatable bonds is 3. The van der Waals surface area contributed by atoms with E-state index in [4.69, 9.17) is 28.2 Å². The Morgan fingerprint density at radius 1 is 0.889 bits per heavy atom. The summed E-state index contributed by atoms with van der Waals surface area (Å²) in [7, 11) is 0. The second-order valence-electron chi connectivity index (χ2n) is 7.01. The van der Waals surface area contributed by atoms with Gasteiger partial charge in [-0.15, -0.1) is 0 Å². The summed E-state index contributed by atoms with van der Waals surface area (Å²) in [4.78, 5) is 5.08. The van der Waals surface area contributed by atoms with Crippen molar-refractivity contribution < 1.29 is 0 Å². The number of fused-ring (bicyclic) bond motifs is 1. The molecule has 136 valence electrons. The fraction of sp³-hybridized carbons (Fsp3) is 0.208. The maximum absolute atomic E-state index is 6.27. The van der Waals surface area contributed by atoms with E-state index in [-0.39, 0.29) is 6.04 Å². The molecule has 0 fully saturated rings. The Bertz CT molecular complexity index is 979. The Labute approximate surface area is 170 Å². The van der Waals surface area contributed by atoms with Gasteiger partial charge in [0.25, 0.3) is 0 Å². The average molecular weight is 394 g/mol. The van der Waals surface area contributed by atoms with Gasteiger partial charge < -0.3 is 0 Å². The van der Waals surface area contributed by atoms with Gasteiger partial charge in [-0.3, -0.25) is 4.99 Å². The van der Waals surface area contributed by atoms with Gasteiger partial charge in [-0.2, -0.15) is 0 Å². The summed E-state index contributed by atoms with van der Waals surface area (Å²) in [5, 5.41) is 1.22. The van der Waals surface area contributed by atoms with E-state index in [9.17, 15) is 0 Å². The average Bonchev–Trinajstić information content (AvgIpc) is 2.71. The van der Waals surface area contributed by atoms with Gasteiger partial charge in [0.15, 0.2) is 0 Å². The second kappa shape index (κ2) is 7.88. The summed E-state index contributed by atoms with van der Waals surface area (Å²) in [6.07, 6.45) is 1.98. The summed E-state index contributed by atoms with van der Waals surface area (Å²) in [6.45, 7) is 2.16. The van der Waals surface area contributed by atoms with Crippen molar-refractivity contribution in [2.24, 2.45) is 4.99 Å². The van der Waals surface area contributed by atoms with Crippen LogP contribution in [0.3, 0.4) is 0 Å². The van der Waals surface area contributed by atoms with E-state index >= 15 is 0 Å². The van der Waals surface area contributed by atoms with E-state index in [1.54, 1.807) is 0 Å². The molecule has 0 saturated heterocycles. The van der Waals surface area contributed by atoms with E-state index in [2.05, 4.69) is 61.5 Å². The van der Waals surface area contributed by atoms with Crippen LogP contribution in [0.25, 0.3) is 0 Å². The summed E-state index contributed by atoms with van der Waals surface area (Å²) >= 11 is 12.4. The van der Waals surface area contributed by atoms with Gasteiger partial charge in [-0.25, -0.2) is 0 Å². The van der Waals surface area contributed by atoms with Crippen LogP contribution in [-0.4, -0.2) is 5.71 Å². The van der Waals surface area contributed by atoms with Crippen LogP contribution >= 0.6 is 23.2 Å². The lowest BCUT2D eigenvalue weighted by atomic mass is 9.78. The lowest BCUT2D eigenvalue weighted by Gasteiger charge is -2.28. The van der Waals surface area contributed by atoms with Crippen LogP contribution in [-0.2, 0) is 0 Å². The quantitative estimate of drug-likeness (QED) is 0.437. The molecule has 27 heavy (non-hydrogen) atoms. The fourth-order valence-corrected chi connectivity index (χ4v) is 4.19. The molecule has 0 spiro atoms. The number of hydrogen-bond donors (Lipinski definition) is 0. The zero-order valence-electron chi connectivity index (χ0n) is 15.2. The minimum absolute atomic E-state index is 0.149. The predicted molar refractivity (Wildman–Crippen MR) is 115 cm³/mol. The SMILES string of the molecule is C[C@@H](N=C1CC[C@@H](c2ccc(Cl)c(Cl)c2)c2ccccc21)c1ccccc1. The zero-order chi connectivity index (χ0) is 18.8. The molecule has 1 aliphatic rings. The molecule has 1 aliphatic carbocycles. The maximum atomic E-state index is 6.27. The highest BCUT2D eigenvalue weighted by molar-refractivity contribution is 6.42. The molecule has 0 aliphatic heterocycles. The Morgan fingerprint density at radius 2 is 1.63 bits per heavy atom. The first-order valence-electron chi connectivity index (χ1n) is 9.29. The maximum Gasteiger partial charge on any atom is 0.0724 e. The molecule has 3 heteroatoms. The van der Waals surface area contributed by atoms with Crippen LogP contribution < -0.4 is 0 Å². The van der Waals surface area contributed by atoms with Crippen LogP contribution in [0.2, 0.25) is 10.0 Å². The molecule has 3 aromatic carbocycles. The largest absolute Gasteiger partial charge is 0.281 e. The van der Waals surface area contributed by atoms with Crippen LogP contribution in [0.1, 0.15) is 54.0 Å². The first kappa shape index (κ1) is 18.3. The van der Waals surface area contributed by atoms with Gasteiger partial charge in [0, 0.05) is 11.6 Å². The van der Waals surface area contributed by atoms with Gasteiger partial charge in [0.2, 0.25) is 0 Å². The van der Waals surface area contributed by atoms with E-state index in [1.165, 1.54) is 28.0 Å². The van der Waals surface area contributed by atoms with Crippen molar-refractivity contribution in [1.82, 2.24) is 0 Å². The molecule has 0 unspecified atom stereocenters. The van der Waals surface area contributed by atoms with Crippen molar-refractivity contribution in [3.05, 3.63) is 105 Å². The third kappa shape index (κ3) is 3.81. The number of nitrogens with zero attached hydrogens (tertiary/aromatic N) is 1. The molecule has 0 bridgehead atoms. The molecular weight excluding hydrogens is 373 g/mol. The molecule has 0 heterocycles. The van der Waals surface area contributed by atoms with Gasteiger partial charge in [0.1, 0.15) is 0 Å². The van der Waals surface area contributed by atoms with E-state index in [1.807, 2.05) is 18.2 Å². The third-order valence-corrected chi connectivity index (χ3v) is 6.03. The molecule has 0 amide bonds. The van der Waals surface area contributed by atoms with Crippen molar-refractivity contribution in [1.29, 1.82) is 0 Å². The number of halogens is 2. The van der Waals surface area contributed by atoms with Crippen molar-refractivity contribution >= 4 is 28.9 Å². The van der Waals surface area contributed by atoms with Crippen LogP contribution in [0.5, 0.6) is 0 Å². The monoisotopic (exact) mass is 393 g/mol. The fourth-order valence-electron chi connectivity index (χ4n) is 3.88. The number of hydrogen-bond acceptors (Lipinski definition) is 1. The first-order valence-corrected chi connectivity index (χ1v) is 10.0. The first-order chi connectivity index (χ1) is 13.1. The van der Waals surface area contributed by atoms with Gasteiger partial charge in [-0.1, -0.05) is 83.9 Å². The van der Waals surface area contributed by atoms with Crippen molar-refractivity contribution in [2.75, 3.05) is 0 Å². The molecule has 1 nitrogen and oxygen atoms in total. The zero-order valence-corrected chi connectivity index (χ0v) is 16.7. The van der Waals surface area contributed by atoms with Crippen molar-refractivity contribution in [3.63, 3.8) is 0 Å². The van der Waals surface area contributed by atoms with E-state index in [0.29, 0.717) is 16.0 Å². The number of benzene rings is 3. The Balaban J connectivity index is 1.71. The highest BCUT2D eigenvalue weighted by atomic mass is 35.5. The smallest absolute Gasteiger partial charge is 0.0724 e. The van der Waals surface area contributed by atoms with Gasteiger partial charge in [-0.05, 0) is 54.2 Å². The van der Waals surface area contributed by atoms with Crippen LogP contribution in [0, 0.1) is 0 Å². The van der Waals surface area contributed by atoms with Gasteiger partial charge in [0.05, 0.1) is 16.1 Å². The van der Waals surface area contributed by atoms with E-state index < -0.39 is 0 Å². The summed E-state index contributed by atoms with van der Waals surface area (Å²) < 4.78 is 0. The van der Waals surface area contributed by atoms with Crippen molar-refractivity contribution in [2.45, 2.75) is 31.7 Å². The Morgan fingerprint density at radius 3 is 2.41 bits per heavy atom. The molecule has 4 rings (SSSR count). The molecule has 0 N–H and O–H groups in total. The lowest BCUT2D eigenvalue weighted by molar-refractivity contribution is 0.712. The molecule has 0 radical (unpaired) electrons. The Hall–Kier alpha value is -2.09. The van der Waals surface area contributed by atoms with Gasteiger partial charge >= 0.3 is 0 Å². The minimum atomic E-state index is 0.149. The third-order valence-electron chi connectivity index (χ3n) is 5.29. The van der Waals surface area contributed by atoms with Crippen molar-refractivity contribution in [3.8, 4) is 0 Å².